The van der Waals surface area contributed by atoms with Crippen molar-refractivity contribution in [3.8, 4) is 5.75 Å². The van der Waals surface area contributed by atoms with Gasteiger partial charge in [-0.05, 0) is 56.8 Å². The van der Waals surface area contributed by atoms with Crippen molar-refractivity contribution in [1.29, 1.82) is 0 Å². The van der Waals surface area contributed by atoms with Gasteiger partial charge in [0.25, 0.3) is 0 Å². The van der Waals surface area contributed by atoms with Gasteiger partial charge in [0, 0.05) is 17.2 Å². The Labute approximate surface area is 133 Å². The fourth-order valence-electron chi connectivity index (χ4n) is 2.77. The van der Waals surface area contributed by atoms with E-state index in [-0.39, 0.29) is 12.1 Å². The van der Waals surface area contributed by atoms with Gasteiger partial charge in [0.2, 0.25) is 0 Å². The Balaban J connectivity index is 2.31. The van der Waals surface area contributed by atoms with Crippen molar-refractivity contribution >= 4 is 11.6 Å². The topological polar surface area (TPSA) is 30.5 Å². The average molecular weight is 312 g/mol. The Morgan fingerprint density at radius 3 is 2.67 bits per heavy atom. The summed E-state index contributed by atoms with van der Waals surface area (Å²) in [5.74, 6) is 1.52. The number of rotatable bonds is 9. The number of ether oxygens (including phenoxy) is 2. The highest BCUT2D eigenvalue weighted by Gasteiger charge is 2.38. The molecule has 118 valence electrons. The Hall–Kier alpha value is -0.770. The van der Waals surface area contributed by atoms with Crippen molar-refractivity contribution in [2.24, 2.45) is 5.92 Å². The number of benzene rings is 1. The fourth-order valence-corrected chi connectivity index (χ4v) is 2.95. The molecule has 0 aliphatic heterocycles. The Kier molecular flexibility index (Phi) is 6.34. The first-order valence-electron chi connectivity index (χ1n) is 7.89. The quantitative estimate of drug-likeness (QED) is 0.741. The molecule has 0 radical (unpaired) electrons. The van der Waals surface area contributed by atoms with Crippen molar-refractivity contribution in [3.05, 3.63) is 28.8 Å². The first kappa shape index (κ1) is 16.6. The number of nitrogens with one attached hydrogen (secondary N) is 1. The first-order valence-corrected chi connectivity index (χ1v) is 8.27. The first-order chi connectivity index (χ1) is 10.2. The van der Waals surface area contributed by atoms with Crippen LogP contribution in [-0.2, 0) is 4.74 Å². The Morgan fingerprint density at radius 1 is 1.33 bits per heavy atom. The standard InChI is InChI=1S/C17H26ClNO2/c1-4-10-19-16(17(21-5-2)12-6-7-12)14-11-13(18)8-9-15(14)20-3/h8-9,11-12,16-17,19H,4-7,10H2,1-3H3. The molecule has 0 bridgehead atoms. The number of methoxy groups -OCH3 is 1. The van der Waals surface area contributed by atoms with Crippen molar-refractivity contribution in [1.82, 2.24) is 5.32 Å². The summed E-state index contributed by atoms with van der Waals surface area (Å²) in [6.45, 7) is 5.92. The molecule has 2 rings (SSSR count). The van der Waals surface area contributed by atoms with Gasteiger partial charge < -0.3 is 14.8 Å². The van der Waals surface area contributed by atoms with Crippen LogP contribution in [0, 0.1) is 5.92 Å². The zero-order chi connectivity index (χ0) is 15.2. The van der Waals surface area contributed by atoms with E-state index >= 15 is 0 Å². The lowest BCUT2D eigenvalue weighted by Gasteiger charge is -2.29. The second kappa shape index (κ2) is 8.02. The predicted octanol–water partition coefficient (Wildman–Crippen LogP) is 4.20. The van der Waals surface area contributed by atoms with Gasteiger partial charge in [-0.25, -0.2) is 0 Å². The van der Waals surface area contributed by atoms with E-state index in [4.69, 9.17) is 21.1 Å². The van der Waals surface area contributed by atoms with E-state index in [0.29, 0.717) is 5.92 Å². The van der Waals surface area contributed by atoms with Crippen LogP contribution in [0.15, 0.2) is 18.2 Å². The van der Waals surface area contributed by atoms with E-state index in [1.165, 1.54) is 12.8 Å². The van der Waals surface area contributed by atoms with Crippen LogP contribution in [0.25, 0.3) is 0 Å². The average Bonchev–Trinajstić information content (AvgIpc) is 3.31. The number of hydrogen-bond acceptors (Lipinski definition) is 3. The smallest absolute Gasteiger partial charge is 0.123 e. The summed E-state index contributed by atoms with van der Waals surface area (Å²) in [5, 5.41) is 4.37. The highest BCUT2D eigenvalue weighted by atomic mass is 35.5. The molecule has 0 aromatic heterocycles. The van der Waals surface area contributed by atoms with Crippen molar-refractivity contribution in [3.63, 3.8) is 0 Å². The minimum Gasteiger partial charge on any atom is -0.496 e. The van der Waals surface area contributed by atoms with E-state index in [1.54, 1.807) is 7.11 Å². The van der Waals surface area contributed by atoms with E-state index in [1.807, 2.05) is 18.2 Å². The monoisotopic (exact) mass is 311 g/mol. The summed E-state index contributed by atoms with van der Waals surface area (Å²) in [7, 11) is 1.70. The molecular weight excluding hydrogens is 286 g/mol. The minimum absolute atomic E-state index is 0.131. The number of hydrogen-bond donors (Lipinski definition) is 1. The van der Waals surface area contributed by atoms with Gasteiger partial charge in [-0.3, -0.25) is 0 Å². The van der Waals surface area contributed by atoms with Crippen LogP contribution in [0.2, 0.25) is 5.02 Å². The fraction of sp³-hybridized carbons (Fsp3) is 0.647. The zero-order valence-electron chi connectivity index (χ0n) is 13.2. The summed E-state index contributed by atoms with van der Waals surface area (Å²) in [4.78, 5) is 0. The molecule has 2 unspecified atom stereocenters. The molecule has 21 heavy (non-hydrogen) atoms. The maximum atomic E-state index is 6.20. The van der Waals surface area contributed by atoms with Gasteiger partial charge in [0.05, 0.1) is 19.3 Å². The molecule has 1 N–H and O–H groups in total. The lowest BCUT2D eigenvalue weighted by Crippen LogP contribution is -2.36. The molecule has 3 nitrogen and oxygen atoms in total. The molecule has 4 heteroatoms. The van der Waals surface area contributed by atoms with Crippen LogP contribution >= 0.6 is 11.6 Å². The molecule has 0 saturated heterocycles. The van der Waals surface area contributed by atoms with Crippen LogP contribution in [0.3, 0.4) is 0 Å². The van der Waals surface area contributed by atoms with Crippen LogP contribution in [0.1, 0.15) is 44.7 Å². The summed E-state index contributed by atoms with van der Waals surface area (Å²) in [5.41, 5.74) is 1.10. The molecule has 1 aliphatic rings. The molecule has 2 atom stereocenters. The highest BCUT2D eigenvalue weighted by molar-refractivity contribution is 6.30. The van der Waals surface area contributed by atoms with Crippen LogP contribution in [0.4, 0.5) is 0 Å². The number of halogens is 1. The van der Waals surface area contributed by atoms with E-state index in [9.17, 15) is 0 Å². The molecule has 1 fully saturated rings. The van der Waals surface area contributed by atoms with E-state index < -0.39 is 0 Å². The second-order valence-electron chi connectivity index (χ2n) is 5.58. The Morgan fingerprint density at radius 2 is 2.10 bits per heavy atom. The summed E-state index contributed by atoms with van der Waals surface area (Å²) < 4.78 is 11.6. The van der Waals surface area contributed by atoms with Crippen molar-refractivity contribution in [2.75, 3.05) is 20.3 Å². The van der Waals surface area contributed by atoms with Gasteiger partial charge in [-0.1, -0.05) is 18.5 Å². The van der Waals surface area contributed by atoms with Crippen LogP contribution in [0.5, 0.6) is 5.75 Å². The largest absolute Gasteiger partial charge is 0.496 e. The van der Waals surface area contributed by atoms with Gasteiger partial charge in [-0.2, -0.15) is 0 Å². The molecule has 0 heterocycles. The maximum Gasteiger partial charge on any atom is 0.123 e. The third kappa shape index (κ3) is 4.35. The van der Waals surface area contributed by atoms with Gasteiger partial charge in [0.1, 0.15) is 5.75 Å². The normalized spacial score (nSPS) is 17.5. The van der Waals surface area contributed by atoms with E-state index in [2.05, 4.69) is 19.2 Å². The zero-order valence-corrected chi connectivity index (χ0v) is 14.0. The molecule has 0 spiro atoms. The van der Waals surface area contributed by atoms with Gasteiger partial charge >= 0.3 is 0 Å². The summed E-state index contributed by atoms with van der Waals surface area (Å²) in [6, 6.07) is 5.94. The summed E-state index contributed by atoms with van der Waals surface area (Å²) >= 11 is 6.20. The highest BCUT2D eigenvalue weighted by Crippen LogP contribution is 2.42. The lowest BCUT2D eigenvalue weighted by molar-refractivity contribution is 0.0180. The van der Waals surface area contributed by atoms with Gasteiger partial charge in [-0.15, -0.1) is 0 Å². The molecule has 1 aliphatic carbocycles. The molecular formula is C17H26ClNO2. The Bertz CT molecular complexity index is 448. The maximum absolute atomic E-state index is 6.20. The van der Waals surface area contributed by atoms with E-state index in [0.717, 1.165) is 35.9 Å². The molecule has 0 amide bonds. The minimum atomic E-state index is 0.131. The third-order valence-electron chi connectivity index (χ3n) is 3.92. The van der Waals surface area contributed by atoms with Gasteiger partial charge in [0.15, 0.2) is 0 Å². The van der Waals surface area contributed by atoms with Crippen LogP contribution in [-0.4, -0.2) is 26.4 Å². The van der Waals surface area contributed by atoms with Crippen molar-refractivity contribution < 1.29 is 9.47 Å². The molecule has 1 aromatic rings. The van der Waals surface area contributed by atoms with Crippen molar-refractivity contribution in [2.45, 2.75) is 45.3 Å². The predicted molar refractivity (Wildman–Crippen MR) is 87.2 cm³/mol. The lowest BCUT2D eigenvalue weighted by atomic mass is 9.96. The SMILES string of the molecule is CCCNC(c1cc(Cl)ccc1OC)C(OCC)C1CC1. The summed E-state index contributed by atoms with van der Waals surface area (Å²) in [6.07, 6.45) is 3.77. The molecule has 1 aromatic carbocycles. The third-order valence-corrected chi connectivity index (χ3v) is 4.15. The van der Waals surface area contributed by atoms with Crippen LogP contribution < -0.4 is 10.1 Å². The second-order valence-corrected chi connectivity index (χ2v) is 6.01. The molecule has 1 saturated carbocycles.